The lowest BCUT2D eigenvalue weighted by Crippen LogP contribution is -1.96. The molecule has 2 rings (SSSR count). The van der Waals surface area contributed by atoms with Crippen LogP contribution in [0.4, 0.5) is 4.39 Å². The van der Waals surface area contributed by atoms with E-state index in [1.165, 1.54) is 11.6 Å². The number of benzene rings is 1. The summed E-state index contributed by atoms with van der Waals surface area (Å²) in [7, 11) is 0. The Labute approximate surface area is 119 Å². The molecular formula is C17H20FNO. The summed E-state index contributed by atoms with van der Waals surface area (Å²) in [6.07, 6.45) is 4.81. The van der Waals surface area contributed by atoms with Gasteiger partial charge in [0.05, 0.1) is 12.3 Å². The van der Waals surface area contributed by atoms with E-state index in [1.54, 1.807) is 12.1 Å². The molecule has 1 aromatic carbocycles. The largest absolute Gasteiger partial charge is 0.494 e. The first-order chi connectivity index (χ1) is 9.74. The average molecular weight is 273 g/mol. The van der Waals surface area contributed by atoms with Crippen molar-refractivity contribution in [1.29, 1.82) is 0 Å². The van der Waals surface area contributed by atoms with Gasteiger partial charge in [-0.15, -0.1) is 0 Å². The van der Waals surface area contributed by atoms with Crippen LogP contribution >= 0.6 is 0 Å². The molecule has 0 saturated carbocycles. The van der Waals surface area contributed by atoms with Gasteiger partial charge < -0.3 is 4.74 Å². The Morgan fingerprint density at radius 1 is 1.10 bits per heavy atom. The van der Waals surface area contributed by atoms with Gasteiger partial charge in [0.1, 0.15) is 11.6 Å². The first-order valence-electron chi connectivity index (χ1n) is 7.12. The molecular weight excluding hydrogens is 253 g/mol. The van der Waals surface area contributed by atoms with Crippen molar-refractivity contribution in [3.63, 3.8) is 0 Å². The Morgan fingerprint density at radius 2 is 1.95 bits per heavy atom. The van der Waals surface area contributed by atoms with Gasteiger partial charge in [-0.25, -0.2) is 4.39 Å². The summed E-state index contributed by atoms with van der Waals surface area (Å²) in [6.45, 7) is 4.75. The van der Waals surface area contributed by atoms with Crippen molar-refractivity contribution in [2.75, 3.05) is 6.61 Å². The van der Waals surface area contributed by atoms with E-state index in [9.17, 15) is 4.39 Å². The molecule has 2 nitrogen and oxygen atoms in total. The Bertz CT molecular complexity index is 551. The summed E-state index contributed by atoms with van der Waals surface area (Å²) in [5, 5.41) is 0. The van der Waals surface area contributed by atoms with Gasteiger partial charge in [0.25, 0.3) is 0 Å². The third kappa shape index (κ3) is 3.56. The molecule has 3 heteroatoms. The van der Waals surface area contributed by atoms with Crippen LogP contribution in [0.15, 0.2) is 36.5 Å². The van der Waals surface area contributed by atoms with Crippen LogP contribution in [0.5, 0.6) is 5.75 Å². The summed E-state index contributed by atoms with van der Waals surface area (Å²) in [6, 6.07) is 8.81. The lowest BCUT2D eigenvalue weighted by molar-refractivity contribution is 0.316. The maximum Gasteiger partial charge on any atom is 0.136 e. The molecule has 1 aromatic heterocycles. The first-order valence-corrected chi connectivity index (χ1v) is 7.12. The monoisotopic (exact) mass is 273 g/mol. The summed E-state index contributed by atoms with van der Waals surface area (Å²) in [5.41, 5.74) is 2.35. The maximum absolute atomic E-state index is 14.1. The molecule has 0 N–H and O–H groups in total. The van der Waals surface area contributed by atoms with Gasteiger partial charge in [0, 0.05) is 17.8 Å². The molecule has 0 unspecified atom stereocenters. The summed E-state index contributed by atoms with van der Waals surface area (Å²) >= 11 is 0. The number of aryl methyl sites for hydroxylation is 1. The molecule has 0 bridgehead atoms. The highest BCUT2D eigenvalue weighted by molar-refractivity contribution is 5.61. The first kappa shape index (κ1) is 14.5. The van der Waals surface area contributed by atoms with E-state index in [0.29, 0.717) is 23.6 Å². The Hall–Kier alpha value is -1.90. The zero-order valence-electron chi connectivity index (χ0n) is 12.0. The Morgan fingerprint density at radius 3 is 2.55 bits per heavy atom. The SMILES string of the molecule is CCCOc1ccc(-c2ccc(CCC)cn2)c(F)c1. The Kier molecular flexibility index (Phi) is 5.10. The fraction of sp³-hybridized carbons (Fsp3) is 0.353. The van der Waals surface area contributed by atoms with Gasteiger partial charge in [-0.1, -0.05) is 26.3 Å². The molecule has 0 spiro atoms. The van der Waals surface area contributed by atoms with Crippen molar-refractivity contribution in [2.45, 2.75) is 33.1 Å². The van der Waals surface area contributed by atoms with Crippen LogP contribution in [0.3, 0.4) is 0 Å². The van der Waals surface area contributed by atoms with Crippen molar-refractivity contribution < 1.29 is 9.13 Å². The molecule has 0 aliphatic rings. The minimum atomic E-state index is -0.297. The normalized spacial score (nSPS) is 10.6. The number of rotatable bonds is 6. The van der Waals surface area contributed by atoms with E-state index in [-0.39, 0.29) is 5.82 Å². The van der Waals surface area contributed by atoms with Crippen molar-refractivity contribution >= 4 is 0 Å². The van der Waals surface area contributed by atoms with Gasteiger partial charge in [-0.2, -0.15) is 0 Å². The van der Waals surface area contributed by atoms with Gasteiger partial charge in [0.15, 0.2) is 0 Å². The van der Waals surface area contributed by atoms with Gasteiger partial charge in [-0.3, -0.25) is 4.98 Å². The highest BCUT2D eigenvalue weighted by Gasteiger charge is 2.08. The van der Waals surface area contributed by atoms with Gasteiger partial charge in [-0.05, 0) is 36.6 Å². The number of aromatic nitrogens is 1. The number of hydrogen-bond donors (Lipinski definition) is 0. The number of nitrogens with zero attached hydrogens (tertiary/aromatic N) is 1. The quantitative estimate of drug-likeness (QED) is 0.765. The Balaban J connectivity index is 2.19. The van der Waals surface area contributed by atoms with Crippen LogP contribution in [0.2, 0.25) is 0 Å². The van der Waals surface area contributed by atoms with Crippen LogP contribution in [0, 0.1) is 5.82 Å². The number of pyridine rings is 1. The van der Waals surface area contributed by atoms with Crippen molar-refractivity contribution in [3.05, 3.63) is 47.9 Å². The average Bonchev–Trinajstić information content (AvgIpc) is 2.47. The molecule has 0 radical (unpaired) electrons. The third-order valence-electron chi connectivity index (χ3n) is 3.05. The van der Waals surface area contributed by atoms with E-state index < -0.39 is 0 Å². The van der Waals surface area contributed by atoms with Gasteiger partial charge in [0.2, 0.25) is 0 Å². The highest BCUT2D eigenvalue weighted by Crippen LogP contribution is 2.25. The van der Waals surface area contributed by atoms with Crippen molar-refractivity contribution in [3.8, 4) is 17.0 Å². The molecule has 106 valence electrons. The third-order valence-corrected chi connectivity index (χ3v) is 3.05. The minimum absolute atomic E-state index is 0.297. The van der Waals surface area contributed by atoms with Crippen molar-refractivity contribution in [2.24, 2.45) is 0 Å². The number of ether oxygens (including phenoxy) is 1. The van der Waals surface area contributed by atoms with Crippen molar-refractivity contribution in [1.82, 2.24) is 4.98 Å². The molecule has 20 heavy (non-hydrogen) atoms. The molecule has 0 saturated heterocycles. The second kappa shape index (κ2) is 7.04. The standard InChI is InChI=1S/C17H20FNO/c1-3-5-13-6-9-17(19-12-13)15-8-7-14(11-16(15)18)20-10-4-2/h6-9,11-12H,3-5,10H2,1-2H3. The summed E-state index contributed by atoms with van der Waals surface area (Å²) in [5.74, 6) is 0.269. The molecule has 0 aliphatic heterocycles. The fourth-order valence-electron chi connectivity index (χ4n) is 2.03. The number of hydrogen-bond acceptors (Lipinski definition) is 2. The van der Waals surface area contributed by atoms with Crippen LogP contribution in [0.1, 0.15) is 32.3 Å². The zero-order valence-corrected chi connectivity index (χ0v) is 12.0. The molecule has 0 aliphatic carbocycles. The lowest BCUT2D eigenvalue weighted by Gasteiger charge is -2.08. The fourth-order valence-corrected chi connectivity index (χ4v) is 2.03. The number of halogens is 1. The topological polar surface area (TPSA) is 22.1 Å². The van der Waals surface area contributed by atoms with E-state index in [2.05, 4.69) is 11.9 Å². The van der Waals surface area contributed by atoms with Crippen LogP contribution in [0.25, 0.3) is 11.3 Å². The van der Waals surface area contributed by atoms with Crippen LogP contribution in [-0.2, 0) is 6.42 Å². The molecule has 0 amide bonds. The minimum Gasteiger partial charge on any atom is -0.494 e. The van der Waals surface area contributed by atoms with E-state index in [0.717, 1.165) is 19.3 Å². The van der Waals surface area contributed by atoms with E-state index in [4.69, 9.17) is 4.74 Å². The lowest BCUT2D eigenvalue weighted by atomic mass is 10.1. The van der Waals surface area contributed by atoms with E-state index >= 15 is 0 Å². The second-order valence-corrected chi connectivity index (χ2v) is 4.79. The predicted octanol–water partition coefficient (Wildman–Crippen LogP) is 4.63. The molecule has 0 fully saturated rings. The molecule has 1 heterocycles. The summed E-state index contributed by atoms with van der Waals surface area (Å²) in [4.78, 5) is 4.34. The second-order valence-electron chi connectivity index (χ2n) is 4.79. The molecule has 0 atom stereocenters. The summed E-state index contributed by atoms with van der Waals surface area (Å²) < 4.78 is 19.5. The van der Waals surface area contributed by atoms with Gasteiger partial charge >= 0.3 is 0 Å². The molecule has 2 aromatic rings. The van der Waals surface area contributed by atoms with Crippen LogP contribution in [-0.4, -0.2) is 11.6 Å². The van der Waals surface area contributed by atoms with Crippen LogP contribution < -0.4 is 4.74 Å². The van der Waals surface area contributed by atoms with E-state index in [1.807, 2.05) is 25.3 Å². The maximum atomic E-state index is 14.1. The highest BCUT2D eigenvalue weighted by atomic mass is 19.1. The predicted molar refractivity (Wildman–Crippen MR) is 79.4 cm³/mol. The zero-order chi connectivity index (χ0) is 14.4. The smallest absolute Gasteiger partial charge is 0.136 e.